The Labute approximate surface area is 118 Å². The fourth-order valence-corrected chi connectivity index (χ4v) is 2.28. The molecule has 0 amide bonds. The molecule has 0 unspecified atom stereocenters. The number of nitrogens with zero attached hydrogens (tertiary/aromatic N) is 2. The van der Waals surface area contributed by atoms with E-state index in [1.807, 2.05) is 5.92 Å². The zero-order valence-electron chi connectivity index (χ0n) is 11.0. The molecule has 1 fully saturated rings. The molecule has 1 saturated heterocycles. The largest absolute Gasteiger partial charge is 0.408 e. The number of terminal acetylenes is 1. The summed E-state index contributed by atoms with van der Waals surface area (Å²) < 4.78 is 21.1. The van der Waals surface area contributed by atoms with Crippen molar-refractivity contribution >= 4 is 0 Å². The van der Waals surface area contributed by atoms with Crippen LogP contribution in [-0.2, 0) is 4.74 Å². The first kappa shape index (κ1) is 15.2. The third kappa shape index (κ3) is 2.13. The van der Waals surface area contributed by atoms with Crippen LogP contribution in [0.25, 0.3) is 0 Å². The predicted octanol–water partition coefficient (Wildman–Crippen LogP) is -1.55. The van der Waals surface area contributed by atoms with Crippen LogP contribution in [0.4, 0.5) is 4.39 Å². The zero-order chi connectivity index (χ0) is 15.8. The fourth-order valence-electron chi connectivity index (χ4n) is 2.28. The number of ether oxygens (including phenoxy) is 1. The van der Waals surface area contributed by atoms with Crippen LogP contribution in [0.2, 0.25) is 0 Å². The maximum absolute atomic E-state index is 14.8. The SMILES string of the molecule is C#C[C@]1(CO)O[C@@H](n2ccc(=O)[nH]/c2=N\O)[C@](C)(F)[C@@H]1O. The molecule has 0 spiro atoms. The summed E-state index contributed by atoms with van der Waals surface area (Å²) >= 11 is 0. The van der Waals surface area contributed by atoms with E-state index in [2.05, 4.69) is 10.1 Å². The van der Waals surface area contributed by atoms with Gasteiger partial charge < -0.3 is 20.2 Å². The van der Waals surface area contributed by atoms with Gasteiger partial charge in [-0.2, -0.15) is 0 Å². The number of H-pyrrole nitrogens is 1. The van der Waals surface area contributed by atoms with Gasteiger partial charge in [0.2, 0.25) is 5.62 Å². The molecule has 0 saturated carbocycles. The van der Waals surface area contributed by atoms with E-state index in [0.29, 0.717) is 0 Å². The second-order valence-electron chi connectivity index (χ2n) is 4.85. The van der Waals surface area contributed by atoms with Crippen LogP contribution in [0.15, 0.2) is 22.2 Å². The molecule has 21 heavy (non-hydrogen) atoms. The van der Waals surface area contributed by atoms with Gasteiger partial charge in [-0.1, -0.05) is 11.1 Å². The van der Waals surface area contributed by atoms with Crippen molar-refractivity contribution in [1.29, 1.82) is 0 Å². The Morgan fingerprint density at radius 2 is 2.38 bits per heavy atom. The Morgan fingerprint density at radius 3 is 2.86 bits per heavy atom. The van der Waals surface area contributed by atoms with Gasteiger partial charge in [0, 0.05) is 12.3 Å². The molecule has 9 heteroatoms. The molecule has 2 heterocycles. The summed E-state index contributed by atoms with van der Waals surface area (Å²) in [4.78, 5) is 13.4. The Hall–Kier alpha value is -2.15. The van der Waals surface area contributed by atoms with Gasteiger partial charge in [-0.05, 0) is 6.92 Å². The number of aromatic amines is 1. The summed E-state index contributed by atoms with van der Waals surface area (Å²) in [7, 11) is 0. The monoisotopic (exact) mass is 299 g/mol. The number of aliphatic hydroxyl groups excluding tert-OH is 2. The van der Waals surface area contributed by atoms with Crippen molar-refractivity contribution in [2.45, 2.75) is 30.5 Å². The van der Waals surface area contributed by atoms with Crippen LogP contribution in [-0.4, -0.2) is 49.0 Å². The molecule has 0 aliphatic carbocycles. The van der Waals surface area contributed by atoms with Crippen molar-refractivity contribution in [2.75, 3.05) is 6.61 Å². The maximum atomic E-state index is 14.8. The van der Waals surface area contributed by atoms with E-state index in [1.54, 1.807) is 0 Å². The molecule has 0 aromatic carbocycles. The lowest BCUT2D eigenvalue weighted by Gasteiger charge is -2.26. The van der Waals surface area contributed by atoms with E-state index in [4.69, 9.17) is 16.4 Å². The van der Waals surface area contributed by atoms with Gasteiger partial charge in [-0.3, -0.25) is 14.3 Å². The average molecular weight is 299 g/mol. The minimum Gasteiger partial charge on any atom is -0.408 e. The van der Waals surface area contributed by atoms with E-state index < -0.39 is 41.4 Å². The van der Waals surface area contributed by atoms with Gasteiger partial charge in [0.15, 0.2) is 17.5 Å². The van der Waals surface area contributed by atoms with Gasteiger partial charge in [0.05, 0.1) is 6.61 Å². The van der Waals surface area contributed by atoms with E-state index in [9.17, 15) is 19.4 Å². The summed E-state index contributed by atoms with van der Waals surface area (Å²) in [6.07, 6.45) is 3.00. The van der Waals surface area contributed by atoms with Crippen molar-refractivity contribution < 1.29 is 24.5 Å². The molecule has 1 aliphatic heterocycles. The molecular formula is C12H14FN3O5. The lowest BCUT2D eigenvalue weighted by atomic mass is 9.89. The number of hydrogen-bond donors (Lipinski definition) is 4. The fraction of sp³-hybridized carbons (Fsp3) is 0.500. The number of rotatable bonds is 2. The summed E-state index contributed by atoms with van der Waals surface area (Å²) in [6, 6.07) is 1.05. The highest BCUT2D eigenvalue weighted by atomic mass is 19.1. The molecule has 2 rings (SSSR count). The van der Waals surface area contributed by atoms with Crippen LogP contribution < -0.4 is 11.2 Å². The van der Waals surface area contributed by atoms with Crippen LogP contribution in [0.5, 0.6) is 0 Å². The van der Waals surface area contributed by atoms with Gasteiger partial charge in [-0.25, -0.2) is 4.39 Å². The van der Waals surface area contributed by atoms with Crippen molar-refractivity contribution in [1.82, 2.24) is 9.55 Å². The Kier molecular flexibility index (Phi) is 3.63. The highest BCUT2D eigenvalue weighted by Crippen LogP contribution is 2.45. The summed E-state index contributed by atoms with van der Waals surface area (Å²) in [5.41, 5.74) is -5.32. The van der Waals surface area contributed by atoms with E-state index in [1.165, 1.54) is 0 Å². The molecule has 4 atom stereocenters. The van der Waals surface area contributed by atoms with Gasteiger partial charge in [-0.15, -0.1) is 6.42 Å². The van der Waals surface area contributed by atoms with E-state index in [-0.39, 0.29) is 0 Å². The van der Waals surface area contributed by atoms with Crippen molar-refractivity contribution in [3.63, 3.8) is 0 Å². The molecule has 1 aromatic rings. The zero-order valence-corrected chi connectivity index (χ0v) is 11.0. The Balaban J connectivity index is 2.61. The first-order valence-electron chi connectivity index (χ1n) is 5.95. The lowest BCUT2D eigenvalue weighted by molar-refractivity contribution is -0.0958. The molecule has 0 radical (unpaired) electrons. The molecule has 4 N–H and O–H groups in total. The summed E-state index contributed by atoms with van der Waals surface area (Å²) in [5, 5.41) is 31.1. The normalized spacial score (nSPS) is 36.6. The maximum Gasteiger partial charge on any atom is 0.252 e. The average Bonchev–Trinajstić information content (AvgIpc) is 2.68. The van der Waals surface area contributed by atoms with Gasteiger partial charge >= 0.3 is 0 Å². The lowest BCUT2D eigenvalue weighted by Crippen LogP contribution is -2.48. The minimum atomic E-state index is -2.41. The molecule has 8 nitrogen and oxygen atoms in total. The summed E-state index contributed by atoms with van der Waals surface area (Å²) in [5.74, 6) is 2.04. The number of alkyl halides is 1. The number of halogens is 1. The van der Waals surface area contributed by atoms with Crippen molar-refractivity contribution in [3.8, 4) is 12.3 Å². The van der Waals surface area contributed by atoms with Gasteiger partial charge in [0.25, 0.3) is 5.56 Å². The second-order valence-corrected chi connectivity index (χ2v) is 4.85. The van der Waals surface area contributed by atoms with E-state index in [0.717, 1.165) is 23.8 Å². The number of nitrogens with one attached hydrogen (secondary N) is 1. The predicted molar refractivity (Wildman–Crippen MR) is 66.7 cm³/mol. The minimum absolute atomic E-state index is 0.394. The second kappa shape index (κ2) is 5.00. The van der Waals surface area contributed by atoms with Crippen LogP contribution in [0, 0.1) is 12.3 Å². The van der Waals surface area contributed by atoms with Crippen LogP contribution >= 0.6 is 0 Å². The number of hydrogen-bond acceptors (Lipinski definition) is 6. The first-order valence-corrected chi connectivity index (χ1v) is 5.95. The van der Waals surface area contributed by atoms with E-state index >= 15 is 0 Å². The number of aromatic nitrogens is 2. The third-order valence-corrected chi connectivity index (χ3v) is 3.47. The Morgan fingerprint density at radius 1 is 1.71 bits per heavy atom. The Bertz CT molecular complexity index is 704. The smallest absolute Gasteiger partial charge is 0.252 e. The van der Waals surface area contributed by atoms with Crippen LogP contribution in [0.1, 0.15) is 13.2 Å². The summed E-state index contributed by atoms with van der Waals surface area (Å²) in [6.45, 7) is 0.215. The molecule has 0 bridgehead atoms. The molecule has 1 aromatic heterocycles. The van der Waals surface area contributed by atoms with Crippen LogP contribution in [0.3, 0.4) is 0 Å². The quantitative estimate of drug-likeness (QED) is 0.299. The van der Waals surface area contributed by atoms with Crippen molar-refractivity contribution in [3.05, 3.63) is 28.2 Å². The highest BCUT2D eigenvalue weighted by Gasteiger charge is 2.62. The van der Waals surface area contributed by atoms with Crippen molar-refractivity contribution in [2.24, 2.45) is 5.16 Å². The topological polar surface area (TPSA) is 120 Å². The number of aliphatic hydroxyl groups is 2. The molecule has 1 aliphatic rings. The molecule has 114 valence electrons. The molecular weight excluding hydrogens is 285 g/mol. The standard InChI is InChI=1S/C12H14FN3O5/c1-3-12(6-17)8(19)11(2,13)9(21-12)16-5-4-7(18)14-10(16)15-20/h1,4-5,8-9,17,19-20H,6H2,2H3,(H,14,15,18)/t8-,9+,11+,12+/m0/s1. The van der Waals surface area contributed by atoms with Gasteiger partial charge in [0.1, 0.15) is 6.10 Å². The first-order chi connectivity index (χ1) is 9.82. The third-order valence-electron chi connectivity index (χ3n) is 3.47. The highest BCUT2D eigenvalue weighted by molar-refractivity contribution is 5.21.